The summed E-state index contributed by atoms with van der Waals surface area (Å²) >= 11 is 1.45. The number of thioether (sulfide) groups is 1. The third-order valence-corrected chi connectivity index (χ3v) is 3.40. The number of amides is 1. The number of nitrogen functional groups attached to an aromatic ring is 1. The maximum Gasteiger partial charge on any atom is 0.230 e. The van der Waals surface area contributed by atoms with Gasteiger partial charge in [-0.2, -0.15) is 5.26 Å². The fourth-order valence-corrected chi connectivity index (χ4v) is 2.14. The van der Waals surface area contributed by atoms with Gasteiger partial charge in [0.15, 0.2) is 0 Å². The Morgan fingerprint density at radius 1 is 1.59 bits per heavy atom. The molecule has 0 fully saturated rings. The fraction of sp³-hybridized carbons (Fsp3) is 0.333. The summed E-state index contributed by atoms with van der Waals surface area (Å²) in [5, 5.41) is 11.0. The van der Waals surface area contributed by atoms with E-state index in [1.54, 1.807) is 0 Å². The molecule has 0 bridgehead atoms. The van der Waals surface area contributed by atoms with Crippen LogP contribution in [-0.4, -0.2) is 18.2 Å². The minimum Gasteiger partial charge on any atom is -0.398 e. The molecule has 1 aromatic carbocycles. The SMILES string of the molecule is Cc1c(N)cccc1SCC(=O)NCCC#N. The van der Waals surface area contributed by atoms with Crippen molar-refractivity contribution in [3.05, 3.63) is 23.8 Å². The van der Waals surface area contributed by atoms with Crippen molar-refractivity contribution in [1.82, 2.24) is 5.32 Å². The average Bonchev–Trinajstić information content (AvgIpc) is 2.31. The van der Waals surface area contributed by atoms with Crippen molar-refractivity contribution in [2.24, 2.45) is 0 Å². The highest BCUT2D eigenvalue weighted by atomic mass is 32.2. The van der Waals surface area contributed by atoms with Crippen molar-refractivity contribution >= 4 is 23.4 Å². The number of benzene rings is 1. The van der Waals surface area contributed by atoms with Gasteiger partial charge in [0.2, 0.25) is 5.91 Å². The van der Waals surface area contributed by atoms with Crippen LogP contribution in [0.25, 0.3) is 0 Å². The largest absolute Gasteiger partial charge is 0.398 e. The zero-order valence-electron chi connectivity index (χ0n) is 9.69. The van der Waals surface area contributed by atoms with Crippen molar-refractivity contribution in [2.45, 2.75) is 18.2 Å². The molecule has 0 atom stereocenters. The van der Waals surface area contributed by atoms with Gasteiger partial charge in [-0.3, -0.25) is 4.79 Å². The number of anilines is 1. The lowest BCUT2D eigenvalue weighted by atomic mass is 10.2. The molecule has 0 saturated heterocycles. The molecule has 1 aromatic rings. The second-order valence-corrected chi connectivity index (χ2v) is 4.53. The number of nitrogens with two attached hydrogens (primary N) is 1. The zero-order chi connectivity index (χ0) is 12.7. The minimum atomic E-state index is -0.0629. The Bertz CT molecular complexity index is 440. The number of hydrogen-bond donors (Lipinski definition) is 2. The maximum absolute atomic E-state index is 11.4. The molecule has 0 unspecified atom stereocenters. The Balaban J connectivity index is 2.43. The van der Waals surface area contributed by atoms with E-state index in [1.165, 1.54) is 11.8 Å². The van der Waals surface area contributed by atoms with Crippen LogP contribution in [0.4, 0.5) is 5.69 Å². The molecule has 4 nitrogen and oxygen atoms in total. The van der Waals surface area contributed by atoms with Crippen molar-refractivity contribution in [3.8, 4) is 6.07 Å². The van der Waals surface area contributed by atoms with Crippen molar-refractivity contribution in [1.29, 1.82) is 5.26 Å². The van der Waals surface area contributed by atoms with Crippen molar-refractivity contribution < 1.29 is 4.79 Å². The molecule has 0 aromatic heterocycles. The molecule has 0 saturated carbocycles. The summed E-state index contributed by atoms with van der Waals surface area (Å²) in [4.78, 5) is 12.4. The van der Waals surface area contributed by atoms with E-state index in [1.807, 2.05) is 31.2 Å². The summed E-state index contributed by atoms with van der Waals surface area (Å²) in [7, 11) is 0. The Labute approximate surface area is 105 Å². The number of carbonyl (C=O) groups is 1. The highest BCUT2D eigenvalue weighted by molar-refractivity contribution is 8.00. The number of nitrogens with zero attached hydrogens (tertiary/aromatic N) is 1. The van der Waals surface area contributed by atoms with Crippen molar-refractivity contribution in [3.63, 3.8) is 0 Å². The van der Waals surface area contributed by atoms with Crippen LogP contribution in [0, 0.1) is 18.3 Å². The smallest absolute Gasteiger partial charge is 0.230 e. The van der Waals surface area contributed by atoms with Crippen LogP contribution in [0.5, 0.6) is 0 Å². The molecule has 0 spiro atoms. The first-order chi connectivity index (χ1) is 8.15. The third kappa shape index (κ3) is 4.37. The van der Waals surface area contributed by atoms with E-state index < -0.39 is 0 Å². The molecule has 0 heterocycles. The van der Waals surface area contributed by atoms with E-state index in [2.05, 4.69) is 5.32 Å². The van der Waals surface area contributed by atoms with Gasteiger partial charge in [0, 0.05) is 17.1 Å². The lowest BCUT2D eigenvalue weighted by Gasteiger charge is -2.07. The fourth-order valence-electron chi connectivity index (χ4n) is 1.24. The third-order valence-electron chi connectivity index (χ3n) is 2.24. The van der Waals surface area contributed by atoms with E-state index in [0.717, 1.165) is 16.1 Å². The standard InChI is InChI=1S/C12H15N3OS/c1-9-10(14)4-2-5-11(9)17-8-12(16)15-7-3-6-13/h2,4-5H,3,7-8,14H2,1H3,(H,15,16). The van der Waals surface area contributed by atoms with Crippen molar-refractivity contribution in [2.75, 3.05) is 18.0 Å². The predicted molar refractivity (Wildman–Crippen MR) is 69.6 cm³/mol. The van der Waals surface area contributed by atoms with Gasteiger partial charge in [0.1, 0.15) is 0 Å². The Morgan fingerprint density at radius 3 is 3.06 bits per heavy atom. The van der Waals surface area contributed by atoms with E-state index in [9.17, 15) is 4.79 Å². The van der Waals surface area contributed by atoms with Crippen LogP contribution in [0.3, 0.4) is 0 Å². The summed E-state index contributed by atoms with van der Waals surface area (Å²) in [6.07, 6.45) is 0.341. The maximum atomic E-state index is 11.4. The minimum absolute atomic E-state index is 0.0629. The van der Waals surface area contributed by atoms with E-state index in [4.69, 9.17) is 11.0 Å². The van der Waals surface area contributed by atoms with E-state index in [0.29, 0.717) is 18.7 Å². The molecule has 90 valence electrons. The molecule has 0 aliphatic heterocycles. The number of hydrogen-bond acceptors (Lipinski definition) is 4. The summed E-state index contributed by atoms with van der Waals surface area (Å²) in [5.74, 6) is 0.280. The molecular weight excluding hydrogens is 234 g/mol. The van der Waals surface area contributed by atoms with Gasteiger partial charge in [-0.15, -0.1) is 11.8 Å². The monoisotopic (exact) mass is 249 g/mol. The van der Waals surface area contributed by atoms with E-state index in [-0.39, 0.29) is 5.91 Å². The van der Waals surface area contributed by atoms with Crippen LogP contribution in [0.15, 0.2) is 23.1 Å². The van der Waals surface area contributed by atoms with Crippen LogP contribution < -0.4 is 11.1 Å². The first kappa shape index (κ1) is 13.4. The number of carbonyl (C=O) groups excluding carboxylic acids is 1. The van der Waals surface area contributed by atoms with Gasteiger partial charge < -0.3 is 11.1 Å². The molecular formula is C12H15N3OS. The molecule has 0 aliphatic carbocycles. The zero-order valence-corrected chi connectivity index (χ0v) is 10.5. The van der Waals surface area contributed by atoms with Gasteiger partial charge in [-0.25, -0.2) is 0 Å². The van der Waals surface area contributed by atoms with E-state index >= 15 is 0 Å². The Hall–Kier alpha value is -1.67. The number of nitrogens with one attached hydrogen (secondary N) is 1. The summed E-state index contributed by atoms with van der Waals surface area (Å²) in [6, 6.07) is 7.63. The van der Waals surface area contributed by atoms with Gasteiger partial charge in [0.25, 0.3) is 0 Å². The predicted octanol–water partition coefficient (Wildman–Crippen LogP) is 1.70. The van der Waals surface area contributed by atoms with Gasteiger partial charge >= 0.3 is 0 Å². The highest BCUT2D eigenvalue weighted by Crippen LogP contribution is 2.25. The Kier molecular flexibility index (Phi) is 5.37. The molecule has 17 heavy (non-hydrogen) atoms. The first-order valence-electron chi connectivity index (χ1n) is 5.26. The second kappa shape index (κ2) is 6.81. The molecule has 0 radical (unpaired) electrons. The topological polar surface area (TPSA) is 78.9 Å². The van der Waals surface area contributed by atoms with Crippen LogP contribution >= 0.6 is 11.8 Å². The number of rotatable bonds is 5. The average molecular weight is 249 g/mol. The van der Waals surface area contributed by atoms with Gasteiger partial charge in [-0.05, 0) is 24.6 Å². The molecule has 5 heteroatoms. The normalized spacial score (nSPS) is 9.65. The lowest BCUT2D eigenvalue weighted by Crippen LogP contribution is -2.25. The van der Waals surface area contributed by atoms with Crippen LogP contribution in [-0.2, 0) is 4.79 Å². The van der Waals surface area contributed by atoms with Gasteiger partial charge in [0.05, 0.1) is 18.2 Å². The lowest BCUT2D eigenvalue weighted by molar-refractivity contribution is -0.118. The quantitative estimate of drug-likeness (QED) is 0.473. The summed E-state index contributed by atoms with van der Waals surface area (Å²) < 4.78 is 0. The molecule has 0 aliphatic rings. The molecule has 1 rings (SSSR count). The number of nitriles is 1. The van der Waals surface area contributed by atoms with Crippen LogP contribution in [0.1, 0.15) is 12.0 Å². The van der Waals surface area contributed by atoms with Gasteiger partial charge in [-0.1, -0.05) is 6.07 Å². The van der Waals surface area contributed by atoms with Crippen LogP contribution in [0.2, 0.25) is 0 Å². The summed E-state index contributed by atoms with van der Waals surface area (Å²) in [6.45, 7) is 2.34. The summed E-state index contributed by atoms with van der Waals surface area (Å²) in [5.41, 5.74) is 7.51. The first-order valence-corrected chi connectivity index (χ1v) is 6.25. The Morgan fingerprint density at radius 2 is 2.35 bits per heavy atom. The molecule has 3 N–H and O–H groups in total. The molecule has 1 amide bonds. The highest BCUT2D eigenvalue weighted by Gasteiger charge is 2.05. The second-order valence-electron chi connectivity index (χ2n) is 3.52.